The van der Waals surface area contributed by atoms with Crippen molar-refractivity contribution in [3.63, 3.8) is 0 Å². The molecule has 0 saturated heterocycles. The molecule has 2 amide bonds. The van der Waals surface area contributed by atoms with Gasteiger partial charge in [0, 0.05) is 41.4 Å². The Morgan fingerprint density at radius 2 is 1.73 bits per heavy atom. The molecule has 1 aromatic carbocycles. The van der Waals surface area contributed by atoms with Gasteiger partial charge in [-0.15, -0.1) is 0 Å². The Balaban J connectivity index is 2.18. The molecular formula is C27H40BrN3O2. The van der Waals surface area contributed by atoms with Crippen molar-refractivity contribution in [1.29, 1.82) is 0 Å². The number of aromatic nitrogens is 1. The second-order valence-corrected chi connectivity index (χ2v) is 11.2. The van der Waals surface area contributed by atoms with Gasteiger partial charge in [0.05, 0.1) is 13.1 Å². The molecule has 1 aromatic heterocycles. The third kappa shape index (κ3) is 8.65. The standard InChI is InChI=1S/C27H40BrN3O2/c1-7-8-15-30(25(32)20-31(17-21(2)3)26(33)27(4,5)6)19-24-10-9-16-29(24)18-22-11-13-23(28)14-12-22/h9-14,16,21H,7-8,15,17-20H2,1-6H3. The molecule has 0 bridgehead atoms. The van der Waals surface area contributed by atoms with Crippen LogP contribution in [0.3, 0.4) is 0 Å². The third-order valence-electron chi connectivity index (χ3n) is 5.52. The molecule has 0 saturated carbocycles. The lowest BCUT2D eigenvalue weighted by molar-refractivity contribution is -0.146. The molecular weight excluding hydrogens is 478 g/mol. The zero-order chi connectivity index (χ0) is 24.6. The predicted molar refractivity (Wildman–Crippen MR) is 139 cm³/mol. The fourth-order valence-corrected chi connectivity index (χ4v) is 4.03. The summed E-state index contributed by atoms with van der Waals surface area (Å²) < 4.78 is 3.26. The van der Waals surface area contributed by atoms with E-state index in [1.807, 2.05) is 43.9 Å². The molecule has 0 spiro atoms. The van der Waals surface area contributed by atoms with Crippen LogP contribution in [0.5, 0.6) is 0 Å². The van der Waals surface area contributed by atoms with E-state index in [0.29, 0.717) is 25.6 Å². The van der Waals surface area contributed by atoms with Crippen LogP contribution in [0, 0.1) is 11.3 Å². The summed E-state index contributed by atoms with van der Waals surface area (Å²) in [6.45, 7) is 14.7. The SMILES string of the molecule is CCCCN(Cc1cccn1Cc1ccc(Br)cc1)C(=O)CN(CC(C)C)C(=O)C(C)(C)C. The van der Waals surface area contributed by atoms with Crippen molar-refractivity contribution >= 4 is 27.7 Å². The van der Waals surface area contributed by atoms with Gasteiger partial charge in [-0.05, 0) is 42.2 Å². The Morgan fingerprint density at radius 3 is 2.30 bits per heavy atom. The number of rotatable bonds is 11. The molecule has 0 aliphatic rings. The fraction of sp³-hybridized carbons (Fsp3) is 0.556. The zero-order valence-corrected chi connectivity index (χ0v) is 22.7. The minimum atomic E-state index is -0.511. The Hall–Kier alpha value is -2.08. The number of amides is 2. The highest BCUT2D eigenvalue weighted by Gasteiger charge is 2.30. The minimum absolute atomic E-state index is 0.0121. The Kier molecular flexibility index (Phi) is 10.2. The Bertz CT molecular complexity index is 897. The van der Waals surface area contributed by atoms with E-state index in [2.05, 4.69) is 65.7 Å². The topological polar surface area (TPSA) is 45.6 Å². The first-order chi connectivity index (χ1) is 15.5. The summed E-state index contributed by atoms with van der Waals surface area (Å²) in [5, 5.41) is 0. The molecule has 2 aromatic rings. The summed E-state index contributed by atoms with van der Waals surface area (Å²) in [5.74, 6) is 0.341. The van der Waals surface area contributed by atoms with Crippen LogP contribution in [0.15, 0.2) is 47.1 Å². The van der Waals surface area contributed by atoms with Crippen molar-refractivity contribution in [2.24, 2.45) is 11.3 Å². The van der Waals surface area contributed by atoms with Gasteiger partial charge in [0.25, 0.3) is 0 Å². The van der Waals surface area contributed by atoms with Crippen LogP contribution in [-0.2, 0) is 22.7 Å². The van der Waals surface area contributed by atoms with E-state index in [1.165, 1.54) is 5.56 Å². The number of benzene rings is 1. The number of unbranched alkanes of at least 4 members (excludes halogenated alkanes) is 1. The molecule has 0 aliphatic heterocycles. The molecule has 0 fully saturated rings. The monoisotopic (exact) mass is 517 g/mol. The molecule has 0 radical (unpaired) electrons. The molecule has 6 heteroatoms. The summed E-state index contributed by atoms with van der Waals surface area (Å²) >= 11 is 3.49. The molecule has 182 valence electrons. The van der Waals surface area contributed by atoms with Gasteiger partial charge in [-0.25, -0.2) is 0 Å². The first-order valence-electron chi connectivity index (χ1n) is 12.0. The normalized spacial score (nSPS) is 11.6. The molecule has 0 aliphatic carbocycles. The molecule has 1 heterocycles. The van der Waals surface area contributed by atoms with Crippen molar-refractivity contribution in [1.82, 2.24) is 14.4 Å². The van der Waals surface area contributed by atoms with E-state index in [-0.39, 0.29) is 18.4 Å². The average Bonchev–Trinajstić information content (AvgIpc) is 3.17. The van der Waals surface area contributed by atoms with E-state index < -0.39 is 5.41 Å². The minimum Gasteiger partial charge on any atom is -0.345 e. The smallest absolute Gasteiger partial charge is 0.242 e. The van der Waals surface area contributed by atoms with E-state index in [0.717, 1.165) is 29.6 Å². The van der Waals surface area contributed by atoms with Crippen molar-refractivity contribution in [3.05, 3.63) is 58.3 Å². The maximum absolute atomic E-state index is 13.4. The van der Waals surface area contributed by atoms with Gasteiger partial charge in [0.1, 0.15) is 0 Å². The maximum atomic E-state index is 13.4. The lowest BCUT2D eigenvalue weighted by Gasteiger charge is -2.32. The maximum Gasteiger partial charge on any atom is 0.242 e. The predicted octanol–water partition coefficient (Wildman–Crippen LogP) is 5.96. The second-order valence-electron chi connectivity index (χ2n) is 10.3. The summed E-state index contributed by atoms with van der Waals surface area (Å²) in [5.41, 5.74) is 1.80. The van der Waals surface area contributed by atoms with Gasteiger partial charge >= 0.3 is 0 Å². The highest BCUT2D eigenvalue weighted by Crippen LogP contribution is 2.19. The van der Waals surface area contributed by atoms with Gasteiger partial charge < -0.3 is 14.4 Å². The first-order valence-corrected chi connectivity index (χ1v) is 12.8. The van der Waals surface area contributed by atoms with Crippen LogP contribution in [0.4, 0.5) is 0 Å². The van der Waals surface area contributed by atoms with Gasteiger partial charge in [-0.1, -0.05) is 76.0 Å². The van der Waals surface area contributed by atoms with Crippen molar-refractivity contribution in [2.45, 2.75) is 67.5 Å². The van der Waals surface area contributed by atoms with Crippen LogP contribution >= 0.6 is 15.9 Å². The van der Waals surface area contributed by atoms with Gasteiger partial charge in [0.15, 0.2) is 0 Å². The molecule has 33 heavy (non-hydrogen) atoms. The summed E-state index contributed by atoms with van der Waals surface area (Å²) in [6.07, 6.45) is 4.02. The fourth-order valence-electron chi connectivity index (χ4n) is 3.77. The van der Waals surface area contributed by atoms with E-state index in [1.54, 1.807) is 4.90 Å². The zero-order valence-electron chi connectivity index (χ0n) is 21.1. The molecule has 5 nitrogen and oxygen atoms in total. The van der Waals surface area contributed by atoms with Crippen molar-refractivity contribution < 1.29 is 9.59 Å². The molecule has 0 unspecified atom stereocenters. The Labute approximate surface area is 208 Å². The Morgan fingerprint density at radius 1 is 1.06 bits per heavy atom. The third-order valence-corrected chi connectivity index (χ3v) is 6.05. The first kappa shape index (κ1) is 27.2. The van der Waals surface area contributed by atoms with Gasteiger partial charge in [-0.2, -0.15) is 0 Å². The van der Waals surface area contributed by atoms with Crippen LogP contribution in [-0.4, -0.2) is 45.8 Å². The molecule has 0 atom stereocenters. The van der Waals surface area contributed by atoms with E-state index in [9.17, 15) is 9.59 Å². The van der Waals surface area contributed by atoms with Crippen LogP contribution < -0.4 is 0 Å². The number of hydrogen-bond donors (Lipinski definition) is 0. The summed E-state index contributed by atoms with van der Waals surface area (Å²) in [7, 11) is 0. The van der Waals surface area contributed by atoms with Crippen LogP contribution in [0.2, 0.25) is 0 Å². The highest BCUT2D eigenvalue weighted by molar-refractivity contribution is 9.10. The number of carbonyl (C=O) groups is 2. The lowest BCUT2D eigenvalue weighted by atomic mass is 9.94. The number of carbonyl (C=O) groups excluding carboxylic acids is 2. The van der Waals surface area contributed by atoms with Crippen molar-refractivity contribution in [2.75, 3.05) is 19.6 Å². The number of hydrogen-bond acceptors (Lipinski definition) is 2. The molecule has 2 rings (SSSR count). The van der Waals surface area contributed by atoms with Crippen molar-refractivity contribution in [3.8, 4) is 0 Å². The highest BCUT2D eigenvalue weighted by atomic mass is 79.9. The molecule has 0 N–H and O–H groups in total. The second kappa shape index (κ2) is 12.4. The van der Waals surface area contributed by atoms with Gasteiger partial charge in [0.2, 0.25) is 11.8 Å². The van der Waals surface area contributed by atoms with Crippen LogP contribution in [0.1, 0.15) is 65.6 Å². The number of nitrogens with zero attached hydrogens (tertiary/aromatic N) is 3. The lowest BCUT2D eigenvalue weighted by Crippen LogP contribution is -2.48. The van der Waals surface area contributed by atoms with E-state index >= 15 is 0 Å². The number of halogens is 1. The summed E-state index contributed by atoms with van der Waals surface area (Å²) in [6, 6.07) is 12.4. The van der Waals surface area contributed by atoms with E-state index in [4.69, 9.17) is 0 Å². The van der Waals surface area contributed by atoms with Crippen LogP contribution in [0.25, 0.3) is 0 Å². The quantitative estimate of drug-likeness (QED) is 0.369. The summed E-state index contributed by atoms with van der Waals surface area (Å²) in [4.78, 5) is 30.1. The average molecular weight is 519 g/mol. The van der Waals surface area contributed by atoms with Gasteiger partial charge in [-0.3, -0.25) is 9.59 Å². The largest absolute Gasteiger partial charge is 0.345 e.